The van der Waals surface area contributed by atoms with Crippen LogP contribution in [0.5, 0.6) is 0 Å². The van der Waals surface area contributed by atoms with Gasteiger partial charge in [-0.3, -0.25) is 14.5 Å². The van der Waals surface area contributed by atoms with E-state index in [1.165, 1.54) is 19.3 Å². The predicted molar refractivity (Wildman–Crippen MR) is 90.9 cm³/mol. The van der Waals surface area contributed by atoms with Gasteiger partial charge < -0.3 is 15.5 Å². The van der Waals surface area contributed by atoms with Crippen molar-refractivity contribution in [1.82, 2.24) is 14.7 Å². The molecule has 1 saturated heterocycles. The van der Waals surface area contributed by atoms with Gasteiger partial charge in [0.1, 0.15) is 0 Å². The highest BCUT2D eigenvalue weighted by atomic mass is 16.2. The molecule has 23 heavy (non-hydrogen) atoms. The van der Waals surface area contributed by atoms with Crippen LogP contribution in [0.2, 0.25) is 0 Å². The van der Waals surface area contributed by atoms with Crippen molar-refractivity contribution in [3.63, 3.8) is 0 Å². The summed E-state index contributed by atoms with van der Waals surface area (Å²) in [4.78, 5) is 30.4. The van der Waals surface area contributed by atoms with Crippen LogP contribution in [0.4, 0.5) is 0 Å². The number of piperazine rings is 1. The maximum Gasteiger partial charge on any atom is 0.236 e. The second kappa shape index (κ2) is 8.64. The van der Waals surface area contributed by atoms with Gasteiger partial charge in [-0.05, 0) is 19.8 Å². The molecule has 1 aliphatic heterocycles. The van der Waals surface area contributed by atoms with Crippen LogP contribution in [-0.4, -0.2) is 78.4 Å². The monoisotopic (exact) mass is 324 g/mol. The zero-order valence-electron chi connectivity index (χ0n) is 14.7. The van der Waals surface area contributed by atoms with Crippen LogP contribution >= 0.6 is 0 Å². The predicted octanol–water partition coefficient (Wildman–Crippen LogP) is 0.659. The molecular weight excluding hydrogens is 292 g/mol. The number of hydrogen-bond donors (Lipinski definition) is 1. The van der Waals surface area contributed by atoms with Gasteiger partial charge in [-0.25, -0.2) is 0 Å². The molecule has 2 fully saturated rings. The Morgan fingerprint density at radius 3 is 2.30 bits per heavy atom. The fourth-order valence-corrected chi connectivity index (χ4v) is 3.53. The molecule has 0 aromatic rings. The van der Waals surface area contributed by atoms with E-state index in [4.69, 9.17) is 5.73 Å². The lowest BCUT2D eigenvalue weighted by Gasteiger charge is -2.37. The van der Waals surface area contributed by atoms with E-state index in [0.29, 0.717) is 32.1 Å². The summed E-state index contributed by atoms with van der Waals surface area (Å²) in [6, 6.07) is 0.330. The van der Waals surface area contributed by atoms with Crippen molar-refractivity contribution in [2.24, 2.45) is 5.73 Å². The molecule has 1 unspecified atom stereocenters. The highest BCUT2D eigenvalue weighted by molar-refractivity contribution is 5.78. The first-order valence-corrected chi connectivity index (χ1v) is 8.98. The zero-order chi connectivity index (χ0) is 16.8. The number of amides is 2. The summed E-state index contributed by atoms with van der Waals surface area (Å²) in [6.45, 7) is 5.28. The number of rotatable bonds is 5. The van der Waals surface area contributed by atoms with Crippen LogP contribution in [0.1, 0.15) is 45.4 Å². The summed E-state index contributed by atoms with van der Waals surface area (Å²) in [7, 11) is 1.95. The number of carbonyl (C=O) groups is 2. The highest BCUT2D eigenvalue weighted by Crippen LogP contribution is 2.21. The molecule has 1 heterocycles. The minimum Gasteiger partial charge on any atom is -0.342 e. The van der Waals surface area contributed by atoms with Crippen molar-refractivity contribution in [2.75, 3.05) is 39.8 Å². The van der Waals surface area contributed by atoms with E-state index in [2.05, 4.69) is 4.90 Å². The second-order valence-electron chi connectivity index (χ2n) is 7.13. The van der Waals surface area contributed by atoms with Crippen molar-refractivity contribution in [2.45, 2.75) is 57.5 Å². The highest BCUT2D eigenvalue weighted by Gasteiger charge is 2.26. The van der Waals surface area contributed by atoms with E-state index in [1.807, 2.05) is 23.8 Å². The molecule has 2 aliphatic rings. The van der Waals surface area contributed by atoms with Crippen molar-refractivity contribution < 1.29 is 9.59 Å². The summed E-state index contributed by atoms with van der Waals surface area (Å²) in [5, 5.41) is 0. The largest absolute Gasteiger partial charge is 0.342 e. The molecule has 6 heteroatoms. The maximum absolute atomic E-state index is 12.5. The van der Waals surface area contributed by atoms with Gasteiger partial charge >= 0.3 is 0 Å². The van der Waals surface area contributed by atoms with Crippen molar-refractivity contribution in [3.8, 4) is 0 Å². The molecule has 2 amide bonds. The average molecular weight is 324 g/mol. The Morgan fingerprint density at radius 1 is 1.13 bits per heavy atom. The Hall–Kier alpha value is -1.14. The van der Waals surface area contributed by atoms with Crippen LogP contribution in [0, 0.1) is 0 Å². The topological polar surface area (TPSA) is 69.9 Å². The van der Waals surface area contributed by atoms with E-state index < -0.39 is 0 Å². The minimum absolute atomic E-state index is 0.0914. The number of carbonyl (C=O) groups excluding carboxylic acids is 2. The molecule has 0 spiro atoms. The molecule has 132 valence electrons. The molecule has 1 atom stereocenters. The molecule has 2 N–H and O–H groups in total. The van der Waals surface area contributed by atoms with Gasteiger partial charge in [0.15, 0.2) is 0 Å². The third-order valence-corrected chi connectivity index (χ3v) is 5.10. The second-order valence-corrected chi connectivity index (χ2v) is 7.13. The molecule has 2 rings (SSSR count). The van der Waals surface area contributed by atoms with Gasteiger partial charge in [0.2, 0.25) is 11.8 Å². The zero-order valence-corrected chi connectivity index (χ0v) is 14.7. The van der Waals surface area contributed by atoms with Crippen LogP contribution in [0.3, 0.4) is 0 Å². The van der Waals surface area contributed by atoms with Crippen LogP contribution < -0.4 is 5.73 Å². The van der Waals surface area contributed by atoms with Gasteiger partial charge in [0.25, 0.3) is 0 Å². The molecular formula is C17H32N4O2. The smallest absolute Gasteiger partial charge is 0.236 e. The molecule has 0 bridgehead atoms. The van der Waals surface area contributed by atoms with Crippen LogP contribution in [-0.2, 0) is 9.59 Å². The number of likely N-dealkylation sites (N-methyl/N-ethyl adjacent to an activating group) is 1. The third-order valence-electron chi connectivity index (χ3n) is 5.10. The van der Waals surface area contributed by atoms with Crippen LogP contribution in [0.15, 0.2) is 0 Å². The number of nitrogens with zero attached hydrogens (tertiary/aromatic N) is 3. The fraction of sp³-hybridized carbons (Fsp3) is 0.882. The third kappa shape index (κ3) is 5.46. The SMILES string of the molecule is CC(N)CC(=O)N1CCN(CC(=O)N(C)C2CCCCC2)CC1. The van der Waals surface area contributed by atoms with Gasteiger partial charge in [0.05, 0.1) is 6.54 Å². The standard InChI is InChI=1S/C17H32N4O2/c1-14(18)12-16(22)21-10-8-20(9-11-21)13-17(23)19(2)15-6-4-3-5-7-15/h14-15H,3-13,18H2,1-2H3. The fourth-order valence-electron chi connectivity index (χ4n) is 3.53. The van der Waals surface area contributed by atoms with Crippen molar-refractivity contribution >= 4 is 11.8 Å². The minimum atomic E-state index is -0.0914. The molecule has 6 nitrogen and oxygen atoms in total. The van der Waals surface area contributed by atoms with Gasteiger partial charge in [-0.1, -0.05) is 19.3 Å². The first-order valence-electron chi connectivity index (χ1n) is 8.98. The Labute approximate surface area is 140 Å². The molecule has 1 aliphatic carbocycles. The Balaban J connectivity index is 1.73. The summed E-state index contributed by atoms with van der Waals surface area (Å²) in [5.41, 5.74) is 5.69. The Kier molecular flexibility index (Phi) is 6.84. The Bertz CT molecular complexity index is 399. The lowest BCUT2D eigenvalue weighted by Crippen LogP contribution is -2.52. The van der Waals surface area contributed by atoms with Crippen LogP contribution in [0.25, 0.3) is 0 Å². The summed E-state index contributed by atoms with van der Waals surface area (Å²) in [6.07, 6.45) is 6.47. The summed E-state index contributed by atoms with van der Waals surface area (Å²) >= 11 is 0. The van der Waals surface area contributed by atoms with Crippen molar-refractivity contribution in [1.29, 1.82) is 0 Å². The molecule has 0 radical (unpaired) electrons. The summed E-state index contributed by atoms with van der Waals surface area (Å²) in [5.74, 6) is 0.345. The number of hydrogen-bond acceptors (Lipinski definition) is 4. The van der Waals surface area contributed by atoms with Gasteiger partial charge in [-0.2, -0.15) is 0 Å². The number of nitrogens with two attached hydrogens (primary N) is 1. The van der Waals surface area contributed by atoms with E-state index in [1.54, 1.807) is 0 Å². The average Bonchev–Trinajstić information content (AvgIpc) is 2.55. The quantitative estimate of drug-likeness (QED) is 0.806. The normalized spacial score (nSPS) is 22.0. The van der Waals surface area contributed by atoms with E-state index in [-0.39, 0.29) is 17.9 Å². The molecule has 0 aromatic carbocycles. The van der Waals surface area contributed by atoms with E-state index in [9.17, 15) is 9.59 Å². The van der Waals surface area contributed by atoms with Gasteiger partial charge in [-0.15, -0.1) is 0 Å². The van der Waals surface area contributed by atoms with Crippen molar-refractivity contribution in [3.05, 3.63) is 0 Å². The summed E-state index contributed by atoms with van der Waals surface area (Å²) < 4.78 is 0. The first-order chi connectivity index (χ1) is 11.0. The molecule has 0 aromatic heterocycles. The molecule has 1 saturated carbocycles. The maximum atomic E-state index is 12.5. The van der Waals surface area contributed by atoms with E-state index in [0.717, 1.165) is 25.9 Å². The lowest BCUT2D eigenvalue weighted by atomic mass is 9.94. The van der Waals surface area contributed by atoms with Gasteiger partial charge in [0, 0.05) is 51.7 Å². The first kappa shape index (κ1) is 18.2. The lowest BCUT2D eigenvalue weighted by molar-refractivity contribution is -0.136. The van der Waals surface area contributed by atoms with E-state index >= 15 is 0 Å². The Morgan fingerprint density at radius 2 is 1.74 bits per heavy atom.